The normalized spacial score (nSPS) is 9.80. The number of nitrogen functional groups attached to an aromatic ring is 1. The van der Waals surface area contributed by atoms with Gasteiger partial charge in [0.2, 0.25) is 5.91 Å². The van der Waals surface area contributed by atoms with E-state index in [0.717, 1.165) is 29.8 Å². The molecule has 0 heterocycles. The molecular formula is C11H17N3O. The Morgan fingerprint density at radius 2 is 2.20 bits per heavy atom. The molecule has 1 aromatic carbocycles. The van der Waals surface area contributed by atoms with Crippen molar-refractivity contribution in [2.45, 2.75) is 26.7 Å². The molecule has 0 bridgehead atoms. The summed E-state index contributed by atoms with van der Waals surface area (Å²) in [5.41, 5.74) is 5.48. The molecule has 1 rings (SSSR count). The van der Waals surface area contributed by atoms with Crippen LogP contribution in [0.3, 0.4) is 0 Å². The number of benzene rings is 1. The van der Waals surface area contributed by atoms with Crippen LogP contribution in [0.2, 0.25) is 0 Å². The van der Waals surface area contributed by atoms with Crippen LogP contribution in [-0.4, -0.2) is 5.91 Å². The van der Waals surface area contributed by atoms with Crippen LogP contribution in [0, 0.1) is 0 Å². The summed E-state index contributed by atoms with van der Waals surface area (Å²) in [5.74, 6) is 5.33. The van der Waals surface area contributed by atoms with Gasteiger partial charge in [-0.05, 0) is 30.2 Å². The molecule has 15 heavy (non-hydrogen) atoms. The third-order valence-corrected chi connectivity index (χ3v) is 2.10. The highest BCUT2D eigenvalue weighted by atomic mass is 16.1. The number of rotatable bonds is 4. The molecule has 1 aromatic rings. The minimum absolute atomic E-state index is 0.0640. The zero-order valence-corrected chi connectivity index (χ0v) is 9.13. The molecule has 0 saturated carbocycles. The Bertz CT molecular complexity index is 350. The van der Waals surface area contributed by atoms with Crippen LogP contribution in [-0.2, 0) is 11.2 Å². The average Bonchev–Trinajstić information content (AvgIpc) is 2.18. The van der Waals surface area contributed by atoms with Gasteiger partial charge in [0, 0.05) is 12.6 Å². The van der Waals surface area contributed by atoms with Gasteiger partial charge in [-0.2, -0.15) is 0 Å². The highest BCUT2D eigenvalue weighted by Crippen LogP contribution is 2.21. The van der Waals surface area contributed by atoms with E-state index in [2.05, 4.69) is 17.7 Å². The summed E-state index contributed by atoms with van der Waals surface area (Å²) >= 11 is 0. The first-order chi connectivity index (χ1) is 7.17. The van der Waals surface area contributed by atoms with Crippen LogP contribution in [0.1, 0.15) is 25.8 Å². The molecule has 0 saturated heterocycles. The summed E-state index contributed by atoms with van der Waals surface area (Å²) in [6.07, 6.45) is 1.98. The number of carbonyl (C=O) groups is 1. The monoisotopic (exact) mass is 207 g/mol. The van der Waals surface area contributed by atoms with E-state index in [4.69, 9.17) is 5.84 Å². The first kappa shape index (κ1) is 11.5. The molecule has 0 aliphatic carbocycles. The van der Waals surface area contributed by atoms with Crippen LogP contribution >= 0.6 is 0 Å². The standard InChI is InChI=1S/C11H17N3O/c1-3-4-9-7-10(13-8(2)15)5-6-11(9)14-12/h5-7,14H,3-4,12H2,1-2H3,(H,13,15). The molecular weight excluding hydrogens is 190 g/mol. The topological polar surface area (TPSA) is 67.2 Å². The summed E-state index contributed by atoms with van der Waals surface area (Å²) in [6, 6.07) is 5.64. The summed E-state index contributed by atoms with van der Waals surface area (Å²) in [6.45, 7) is 3.60. The molecule has 4 N–H and O–H groups in total. The van der Waals surface area contributed by atoms with E-state index in [9.17, 15) is 4.79 Å². The smallest absolute Gasteiger partial charge is 0.221 e. The molecule has 4 nitrogen and oxygen atoms in total. The average molecular weight is 207 g/mol. The van der Waals surface area contributed by atoms with E-state index in [1.807, 2.05) is 18.2 Å². The number of hydrazine groups is 1. The van der Waals surface area contributed by atoms with Crippen molar-refractivity contribution in [2.24, 2.45) is 5.84 Å². The van der Waals surface area contributed by atoms with Crippen molar-refractivity contribution in [1.29, 1.82) is 0 Å². The van der Waals surface area contributed by atoms with E-state index >= 15 is 0 Å². The fourth-order valence-corrected chi connectivity index (χ4v) is 1.49. The van der Waals surface area contributed by atoms with Gasteiger partial charge in [-0.15, -0.1) is 0 Å². The molecule has 82 valence electrons. The molecule has 0 aliphatic heterocycles. The van der Waals surface area contributed by atoms with E-state index in [1.165, 1.54) is 6.92 Å². The molecule has 0 aliphatic rings. The number of nitrogens with two attached hydrogens (primary N) is 1. The SMILES string of the molecule is CCCc1cc(NC(C)=O)ccc1NN. The lowest BCUT2D eigenvalue weighted by Gasteiger charge is -2.10. The van der Waals surface area contributed by atoms with E-state index in [0.29, 0.717) is 0 Å². The van der Waals surface area contributed by atoms with Crippen molar-refractivity contribution in [2.75, 3.05) is 10.7 Å². The van der Waals surface area contributed by atoms with Gasteiger partial charge >= 0.3 is 0 Å². The van der Waals surface area contributed by atoms with Gasteiger partial charge in [-0.3, -0.25) is 10.6 Å². The van der Waals surface area contributed by atoms with Crippen molar-refractivity contribution < 1.29 is 4.79 Å². The highest BCUT2D eigenvalue weighted by molar-refractivity contribution is 5.89. The second kappa shape index (κ2) is 5.36. The maximum Gasteiger partial charge on any atom is 0.221 e. The number of aryl methyl sites for hydroxylation is 1. The molecule has 0 aromatic heterocycles. The van der Waals surface area contributed by atoms with Crippen molar-refractivity contribution in [3.63, 3.8) is 0 Å². The Hall–Kier alpha value is -1.55. The number of amides is 1. The van der Waals surface area contributed by atoms with E-state index in [1.54, 1.807) is 0 Å². The van der Waals surface area contributed by atoms with Crippen molar-refractivity contribution in [1.82, 2.24) is 0 Å². The maximum absolute atomic E-state index is 10.9. The van der Waals surface area contributed by atoms with Crippen LogP contribution in [0.5, 0.6) is 0 Å². The second-order valence-electron chi connectivity index (χ2n) is 3.45. The van der Waals surface area contributed by atoms with Gasteiger partial charge in [-0.1, -0.05) is 13.3 Å². The Morgan fingerprint density at radius 1 is 1.47 bits per heavy atom. The Kier molecular flexibility index (Phi) is 4.12. The molecule has 0 atom stereocenters. The fourth-order valence-electron chi connectivity index (χ4n) is 1.49. The lowest BCUT2D eigenvalue weighted by molar-refractivity contribution is -0.114. The Labute approximate surface area is 89.8 Å². The predicted octanol–water partition coefficient (Wildman–Crippen LogP) is 1.88. The lowest BCUT2D eigenvalue weighted by atomic mass is 10.1. The second-order valence-corrected chi connectivity index (χ2v) is 3.45. The number of hydrogen-bond acceptors (Lipinski definition) is 3. The summed E-state index contributed by atoms with van der Waals surface area (Å²) in [5, 5.41) is 2.75. The lowest BCUT2D eigenvalue weighted by Crippen LogP contribution is -2.11. The molecule has 0 fully saturated rings. The third kappa shape index (κ3) is 3.25. The first-order valence-electron chi connectivity index (χ1n) is 5.04. The van der Waals surface area contributed by atoms with Gasteiger partial charge < -0.3 is 10.7 Å². The van der Waals surface area contributed by atoms with Crippen molar-refractivity contribution in [3.05, 3.63) is 23.8 Å². The van der Waals surface area contributed by atoms with Crippen LogP contribution < -0.4 is 16.6 Å². The Morgan fingerprint density at radius 3 is 2.73 bits per heavy atom. The number of carbonyl (C=O) groups excluding carboxylic acids is 1. The number of anilines is 2. The van der Waals surface area contributed by atoms with Gasteiger partial charge in [-0.25, -0.2) is 0 Å². The number of hydrogen-bond donors (Lipinski definition) is 3. The summed E-state index contributed by atoms with van der Waals surface area (Å²) < 4.78 is 0. The highest BCUT2D eigenvalue weighted by Gasteiger charge is 2.03. The molecule has 0 radical (unpaired) electrons. The van der Waals surface area contributed by atoms with Crippen LogP contribution in [0.15, 0.2) is 18.2 Å². The van der Waals surface area contributed by atoms with Crippen LogP contribution in [0.25, 0.3) is 0 Å². The van der Waals surface area contributed by atoms with Crippen molar-refractivity contribution >= 4 is 17.3 Å². The Balaban J connectivity index is 2.93. The molecule has 0 spiro atoms. The van der Waals surface area contributed by atoms with Gasteiger partial charge in [0.1, 0.15) is 0 Å². The van der Waals surface area contributed by atoms with Crippen LogP contribution in [0.4, 0.5) is 11.4 Å². The molecule has 4 heteroatoms. The minimum Gasteiger partial charge on any atom is -0.326 e. The zero-order valence-electron chi connectivity index (χ0n) is 9.13. The zero-order chi connectivity index (χ0) is 11.3. The van der Waals surface area contributed by atoms with Gasteiger partial charge in [0.25, 0.3) is 0 Å². The van der Waals surface area contributed by atoms with Crippen molar-refractivity contribution in [3.8, 4) is 0 Å². The van der Waals surface area contributed by atoms with Gasteiger partial charge in [0.05, 0.1) is 5.69 Å². The fraction of sp³-hybridized carbons (Fsp3) is 0.364. The van der Waals surface area contributed by atoms with E-state index in [-0.39, 0.29) is 5.91 Å². The maximum atomic E-state index is 10.9. The van der Waals surface area contributed by atoms with Gasteiger partial charge in [0.15, 0.2) is 0 Å². The summed E-state index contributed by atoms with van der Waals surface area (Å²) in [4.78, 5) is 10.9. The number of nitrogens with one attached hydrogen (secondary N) is 2. The summed E-state index contributed by atoms with van der Waals surface area (Å²) in [7, 11) is 0. The first-order valence-corrected chi connectivity index (χ1v) is 5.04. The molecule has 1 amide bonds. The largest absolute Gasteiger partial charge is 0.326 e. The predicted molar refractivity (Wildman–Crippen MR) is 62.6 cm³/mol. The molecule has 0 unspecified atom stereocenters. The minimum atomic E-state index is -0.0640. The quantitative estimate of drug-likeness (QED) is 0.521. The third-order valence-electron chi connectivity index (χ3n) is 2.10. The van der Waals surface area contributed by atoms with E-state index < -0.39 is 0 Å².